The fourth-order valence-corrected chi connectivity index (χ4v) is 1.44. The number of rotatable bonds is 1. The van der Waals surface area contributed by atoms with E-state index in [0.29, 0.717) is 11.5 Å². The van der Waals surface area contributed by atoms with Gasteiger partial charge in [-0.1, -0.05) is 0 Å². The summed E-state index contributed by atoms with van der Waals surface area (Å²) < 4.78 is 1.42. The van der Waals surface area contributed by atoms with E-state index in [9.17, 15) is 0 Å². The van der Waals surface area contributed by atoms with Crippen LogP contribution >= 0.6 is 0 Å². The molecule has 2 N–H and O–H groups in total. The van der Waals surface area contributed by atoms with Crippen LogP contribution in [0, 0.1) is 29.6 Å². The van der Waals surface area contributed by atoms with Crippen LogP contribution in [0.15, 0.2) is 18.6 Å². The third kappa shape index (κ3) is 1.58. The lowest BCUT2D eigenvalue weighted by molar-refractivity contribution is 0.976. The molecule has 0 radical (unpaired) electrons. The Balaban J connectivity index is 2.71. The van der Waals surface area contributed by atoms with Gasteiger partial charge in [-0.2, -0.15) is 10.5 Å². The van der Waals surface area contributed by atoms with Crippen LogP contribution in [-0.2, 0) is 0 Å². The van der Waals surface area contributed by atoms with E-state index in [1.807, 2.05) is 19.1 Å². The lowest BCUT2D eigenvalue weighted by atomic mass is 10.2. The summed E-state index contributed by atoms with van der Waals surface area (Å²) in [7, 11) is 0. The highest BCUT2D eigenvalue weighted by atomic mass is 15.1. The molecule has 0 aliphatic carbocycles. The SMILES string of the molecule is Cc1ccnc(-n2cnc(C#N)c2C#N)c1N. The van der Waals surface area contributed by atoms with Crippen molar-refractivity contribution in [1.29, 1.82) is 10.5 Å². The van der Waals surface area contributed by atoms with Gasteiger partial charge < -0.3 is 5.73 Å². The third-order valence-electron chi connectivity index (χ3n) is 2.39. The summed E-state index contributed by atoms with van der Waals surface area (Å²) in [6.07, 6.45) is 2.96. The van der Waals surface area contributed by atoms with E-state index in [0.717, 1.165) is 5.56 Å². The Morgan fingerprint density at radius 1 is 1.29 bits per heavy atom. The summed E-state index contributed by atoms with van der Waals surface area (Å²) in [5, 5.41) is 17.8. The molecule has 0 spiro atoms. The number of imidazole rings is 1. The molecule has 6 heteroatoms. The van der Waals surface area contributed by atoms with Crippen molar-refractivity contribution in [2.24, 2.45) is 0 Å². The van der Waals surface area contributed by atoms with Gasteiger partial charge >= 0.3 is 0 Å². The first-order valence-electron chi connectivity index (χ1n) is 4.78. The summed E-state index contributed by atoms with van der Waals surface area (Å²) in [5.74, 6) is 0.413. The van der Waals surface area contributed by atoms with Gasteiger partial charge in [0.2, 0.25) is 0 Å². The van der Waals surface area contributed by atoms with E-state index in [4.69, 9.17) is 16.3 Å². The first kappa shape index (κ1) is 10.7. The first-order valence-corrected chi connectivity index (χ1v) is 4.78. The molecule has 0 atom stereocenters. The predicted octanol–water partition coefficient (Wildman–Crippen LogP) is 0.901. The summed E-state index contributed by atoms with van der Waals surface area (Å²) in [5.41, 5.74) is 7.40. The first-order chi connectivity index (χ1) is 8.19. The Kier molecular flexibility index (Phi) is 2.48. The second-order valence-corrected chi connectivity index (χ2v) is 3.40. The summed E-state index contributed by atoms with van der Waals surface area (Å²) in [4.78, 5) is 7.94. The highest BCUT2D eigenvalue weighted by Crippen LogP contribution is 2.20. The van der Waals surface area contributed by atoms with Crippen molar-refractivity contribution in [3.8, 4) is 18.0 Å². The molecule has 0 bridgehead atoms. The molecule has 0 amide bonds. The van der Waals surface area contributed by atoms with Gasteiger partial charge in [0.15, 0.2) is 17.2 Å². The lowest BCUT2D eigenvalue weighted by Crippen LogP contribution is -2.05. The van der Waals surface area contributed by atoms with Gasteiger partial charge in [-0.05, 0) is 18.6 Å². The topological polar surface area (TPSA) is 104 Å². The Labute approximate surface area is 97.6 Å². The maximum absolute atomic E-state index is 9.01. The van der Waals surface area contributed by atoms with Crippen molar-refractivity contribution in [3.63, 3.8) is 0 Å². The Morgan fingerprint density at radius 3 is 2.71 bits per heavy atom. The van der Waals surface area contributed by atoms with E-state index >= 15 is 0 Å². The highest BCUT2D eigenvalue weighted by molar-refractivity contribution is 5.60. The number of nitriles is 2. The van der Waals surface area contributed by atoms with Crippen LogP contribution in [0.1, 0.15) is 17.0 Å². The second kappa shape index (κ2) is 3.95. The lowest BCUT2D eigenvalue weighted by Gasteiger charge is -2.07. The molecule has 0 fully saturated rings. The molecule has 6 nitrogen and oxygen atoms in total. The summed E-state index contributed by atoms with van der Waals surface area (Å²) in [6.45, 7) is 1.84. The van der Waals surface area contributed by atoms with Gasteiger partial charge in [0.1, 0.15) is 18.5 Å². The number of nitrogens with zero attached hydrogens (tertiary/aromatic N) is 5. The number of aryl methyl sites for hydroxylation is 1. The van der Waals surface area contributed by atoms with Crippen LogP contribution in [0.5, 0.6) is 0 Å². The highest BCUT2D eigenvalue weighted by Gasteiger charge is 2.14. The van der Waals surface area contributed by atoms with Gasteiger partial charge in [-0.3, -0.25) is 4.57 Å². The maximum Gasteiger partial charge on any atom is 0.177 e. The Bertz CT molecular complexity index is 656. The fourth-order valence-electron chi connectivity index (χ4n) is 1.44. The van der Waals surface area contributed by atoms with Crippen LogP contribution < -0.4 is 5.73 Å². The van der Waals surface area contributed by atoms with Gasteiger partial charge in [0, 0.05) is 6.20 Å². The molecule has 82 valence electrons. The quantitative estimate of drug-likeness (QED) is 0.774. The molecule has 0 aliphatic rings. The number of nitrogen functional groups attached to an aromatic ring is 1. The zero-order valence-corrected chi connectivity index (χ0v) is 9.05. The maximum atomic E-state index is 9.01. The molecule has 2 aromatic rings. The molecule has 2 rings (SSSR count). The minimum absolute atomic E-state index is 0.0650. The molecule has 0 aliphatic heterocycles. The van der Waals surface area contributed by atoms with E-state index in [-0.39, 0.29) is 11.4 Å². The monoisotopic (exact) mass is 224 g/mol. The van der Waals surface area contributed by atoms with Gasteiger partial charge in [0.05, 0.1) is 5.69 Å². The zero-order chi connectivity index (χ0) is 12.4. The number of anilines is 1. The van der Waals surface area contributed by atoms with Gasteiger partial charge in [-0.25, -0.2) is 9.97 Å². The molecular formula is C11H8N6. The number of aromatic nitrogens is 3. The minimum atomic E-state index is 0.0650. The van der Waals surface area contributed by atoms with Gasteiger partial charge in [0.25, 0.3) is 0 Å². The molecular weight excluding hydrogens is 216 g/mol. The van der Waals surface area contributed by atoms with Gasteiger partial charge in [-0.15, -0.1) is 0 Å². The van der Waals surface area contributed by atoms with Crippen molar-refractivity contribution >= 4 is 5.69 Å². The molecule has 0 unspecified atom stereocenters. The predicted molar refractivity (Wildman–Crippen MR) is 59.9 cm³/mol. The van der Waals surface area contributed by atoms with Crippen LogP contribution in [0.3, 0.4) is 0 Å². The van der Waals surface area contributed by atoms with Crippen LogP contribution in [-0.4, -0.2) is 14.5 Å². The molecule has 0 saturated heterocycles. The molecule has 2 heterocycles. The number of pyridine rings is 1. The van der Waals surface area contributed by atoms with E-state index in [2.05, 4.69) is 9.97 Å². The third-order valence-corrected chi connectivity index (χ3v) is 2.39. The second-order valence-electron chi connectivity index (χ2n) is 3.40. The minimum Gasteiger partial charge on any atom is -0.395 e. The van der Waals surface area contributed by atoms with E-state index in [1.54, 1.807) is 12.3 Å². The molecule has 17 heavy (non-hydrogen) atoms. The summed E-state index contributed by atoms with van der Waals surface area (Å²) in [6, 6.07) is 5.54. The number of hydrogen-bond acceptors (Lipinski definition) is 5. The number of nitrogens with two attached hydrogens (primary N) is 1. The molecule has 2 aromatic heterocycles. The van der Waals surface area contributed by atoms with Crippen molar-refractivity contribution < 1.29 is 0 Å². The van der Waals surface area contributed by atoms with E-state index in [1.165, 1.54) is 10.9 Å². The van der Waals surface area contributed by atoms with Crippen molar-refractivity contribution in [3.05, 3.63) is 35.5 Å². The Morgan fingerprint density at radius 2 is 2.06 bits per heavy atom. The smallest absolute Gasteiger partial charge is 0.177 e. The largest absolute Gasteiger partial charge is 0.395 e. The van der Waals surface area contributed by atoms with E-state index < -0.39 is 0 Å². The average molecular weight is 224 g/mol. The van der Waals surface area contributed by atoms with Crippen molar-refractivity contribution in [2.45, 2.75) is 6.92 Å². The van der Waals surface area contributed by atoms with Crippen LogP contribution in [0.25, 0.3) is 5.82 Å². The van der Waals surface area contributed by atoms with Crippen molar-refractivity contribution in [1.82, 2.24) is 14.5 Å². The number of hydrogen-bond donors (Lipinski definition) is 1. The molecule has 0 saturated carbocycles. The summed E-state index contributed by atoms with van der Waals surface area (Å²) >= 11 is 0. The Hall–Kier alpha value is -2.86. The molecule has 0 aromatic carbocycles. The van der Waals surface area contributed by atoms with Crippen molar-refractivity contribution in [2.75, 3.05) is 5.73 Å². The average Bonchev–Trinajstić information content (AvgIpc) is 2.75. The van der Waals surface area contributed by atoms with Crippen LogP contribution in [0.4, 0.5) is 5.69 Å². The zero-order valence-electron chi connectivity index (χ0n) is 9.05. The van der Waals surface area contributed by atoms with Crippen LogP contribution in [0.2, 0.25) is 0 Å². The normalized spacial score (nSPS) is 9.59. The fraction of sp³-hybridized carbons (Fsp3) is 0.0909. The standard InChI is InChI=1S/C11H8N6/c1-7-2-3-15-11(10(7)14)17-6-16-8(4-12)9(17)5-13/h2-3,6H,14H2,1H3.